The molecular formula is C17H15F2NO3. The van der Waals surface area contributed by atoms with Crippen molar-refractivity contribution in [1.29, 1.82) is 0 Å². The minimum absolute atomic E-state index is 0.196. The second-order valence-corrected chi connectivity index (χ2v) is 4.86. The first kappa shape index (κ1) is 16.6. The summed E-state index contributed by atoms with van der Waals surface area (Å²) >= 11 is 0. The molecule has 0 heterocycles. The first-order valence-electron chi connectivity index (χ1n) is 6.89. The second-order valence-electron chi connectivity index (χ2n) is 4.86. The number of hydrogen-bond acceptors (Lipinski definition) is 3. The molecule has 6 heteroatoms. The van der Waals surface area contributed by atoms with Crippen molar-refractivity contribution < 1.29 is 23.1 Å². The molecule has 23 heavy (non-hydrogen) atoms. The van der Waals surface area contributed by atoms with Crippen LogP contribution in [0.3, 0.4) is 0 Å². The number of rotatable bonds is 5. The number of hydrogen-bond donors (Lipinski definition) is 1. The molecule has 0 spiro atoms. The molecule has 4 nitrogen and oxygen atoms in total. The lowest BCUT2D eigenvalue weighted by Crippen LogP contribution is -2.43. The van der Waals surface area contributed by atoms with Crippen molar-refractivity contribution in [3.63, 3.8) is 0 Å². The zero-order valence-corrected chi connectivity index (χ0v) is 12.4. The van der Waals surface area contributed by atoms with Gasteiger partial charge in [0.15, 0.2) is 0 Å². The van der Waals surface area contributed by atoms with Crippen LogP contribution in [-0.4, -0.2) is 25.0 Å². The van der Waals surface area contributed by atoms with E-state index < -0.39 is 29.6 Å². The van der Waals surface area contributed by atoms with Crippen LogP contribution in [0.25, 0.3) is 0 Å². The van der Waals surface area contributed by atoms with E-state index in [4.69, 9.17) is 0 Å². The molecule has 2 aromatic carbocycles. The Morgan fingerprint density at radius 3 is 2.43 bits per heavy atom. The highest BCUT2D eigenvalue weighted by Crippen LogP contribution is 2.11. The molecule has 0 aliphatic carbocycles. The summed E-state index contributed by atoms with van der Waals surface area (Å²) in [5.74, 6) is -3.24. The predicted molar refractivity (Wildman–Crippen MR) is 79.8 cm³/mol. The molecule has 1 atom stereocenters. The monoisotopic (exact) mass is 319 g/mol. The van der Waals surface area contributed by atoms with E-state index in [-0.39, 0.29) is 12.0 Å². The van der Waals surface area contributed by atoms with Crippen molar-refractivity contribution in [2.75, 3.05) is 7.11 Å². The van der Waals surface area contributed by atoms with Crippen LogP contribution in [0.1, 0.15) is 15.9 Å². The van der Waals surface area contributed by atoms with Gasteiger partial charge >= 0.3 is 5.97 Å². The molecule has 0 aromatic heterocycles. The molecule has 0 saturated heterocycles. The Balaban J connectivity index is 2.17. The van der Waals surface area contributed by atoms with Gasteiger partial charge in [-0.05, 0) is 17.7 Å². The fourth-order valence-electron chi connectivity index (χ4n) is 2.09. The van der Waals surface area contributed by atoms with Crippen LogP contribution in [-0.2, 0) is 16.0 Å². The Labute approximate surface area is 132 Å². The van der Waals surface area contributed by atoms with Crippen molar-refractivity contribution in [1.82, 2.24) is 5.32 Å². The number of ether oxygens (including phenoxy) is 1. The normalized spacial score (nSPS) is 11.6. The van der Waals surface area contributed by atoms with Gasteiger partial charge in [-0.3, -0.25) is 4.79 Å². The zero-order valence-electron chi connectivity index (χ0n) is 12.4. The summed E-state index contributed by atoms with van der Waals surface area (Å²) in [6.45, 7) is 0. The maximum Gasteiger partial charge on any atom is 0.328 e. The molecule has 2 aromatic rings. The number of carbonyl (C=O) groups is 2. The summed E-state index contributed by atoms with van der Waals surface area (Å²) < 4.78 is 31.2. The first-order valence-corrected chi connectivity index (χ1v) is 6.89. The number of carbonyl (C=O) groups excluding carboxylic acids is 2. The number of amides is 1. The number of benzene rings is 2. The Kier molecular flexibility index (Phi) is 5.41. The molecule has 1 amide bonds. The van der Waals surface area contributed by atoms with Crippen molar-refractivity contribution in [2.24, 2.45) is 0 Å². The van der Waals surface area contributed by atoms with E-state index in [0.717, 1.165) is 17.7 Å². The van der Waals surface area contributed by atoms with Crippen LogP contribution < -0.4 is 5.32 Å². The average molecular weight is 319 g/mol. The van der Waals surface area contributed by atoms with E-state index in [2.05, 4.69) is 10.1 Å². The van der Waals surface area contributed by atoms with Gasteiger partial charge in [-0.2, -0.15) is 0 Å². The van der Waals surface area contributed by atoms with Crippen LogP contribution in [0.15, 0.2) is 48.5 Å². The molecule has 0 fully saturated rings. The van der Waals surface area contributed by atoms with Crippen molar-refractivity contribution >= 4 is 11.9 Å². The molecule has 0 unspecified atom stereocenters. The van der Waals surface area contributed by atoms with E-state index in [1.165, 1.54) is 7.11 Å². The fraction of sp³-hybridized carbons (Fsp3) is 0.176. The highest BCUT2D eigenvalue weighted by Gasteiger charge is 2.24. The summed E-state index contributed by atoms with van der Waals surface area (Å²) in [5, 5.41) is 2.42. The third-order valence-corrected chi connectivity index (χ3v) is 3.25. The van der Waals surface area contributed by atoms with Crippen molar-refractivity contribution in [2.45, 2.75) is 12.5 Å². The SMILES string of the molecule is COC(=O)[C@@H](Cc1ccccc1)NC(=O)c1ccc(F)cc1F. The zero-order chi connectivity index (χ0) is 16.8. The number of halogens is 2. The quantitative estimate of drug-likeness (QED) is 0.862. The summed E-state index contributed by atoms with van der Waals surface area (Å²) in [4.78, 5) is 23.9. The minimum Gasteiger partial charge on any atom is -0.467 e. The van der Waals surface area contributed by atoms with Gasteiger partial charge in [0.05, 0.1) is 12.7 Å². The molecular weight excluding hydrogens is 304 g/mol. The van der Waals surface area contributed by atoms with Gasteiger partial charge in [0.25, 0.3) is 5.91 Å². The maximum absolute atomic E-state index is 13.6. The highest BCUT2D eigenvalue weighted by molar-refractivity contribution is 5.97. The van der Waals surface area contributed by atoms with Crippen LogP contribution in [0.4, 0.5) is 8.78 Å². The first-order chi connectivity index (χ1) is 11.0. The van der Waals surface area contributed by atoms with Gasteiger partial charge < -0.3 is 10.1 Å². The van der Waals surface area contributed by atoms with Gasteiger partial charge in [-0.1, -0.05) is 30.3 Å². The van der Waals surface area contributed by atoms with Gasteiger partial charge in [0.2, 0.25) is 0 Å². The topological polar surface area (TPSA) is 55.4 Å². The van der Waals surface area contributed by atoms with E-state index >= 15 is 0 Å². The minimum atomic E-state index is -0.995. The van der Waals surface area contributed by atoms with Crippen LogP contribution in [0, 0.1) is 11.6 Å². The van der Waals surface area contributed by atoms with E-state index in [9.17, 15) is 18.4 Å². The smallest absolute Gasteiger partial charge is 0.328 e. The predicted octanol–water partition coefficient (Wildman–Crippen LogP) is 2.48. The molecule has 2 rings (SSSR count). The van der Waals surface area contributed by atoms with E-state index in [1.807, 2.05) is 6.07 Å². The van der Waals surface area contributed by atoms with Crippen LogP contribution in [0.5, 0.6) is 0 Å². The molecule has 0 radical (unpaired) electrons. The lowest BCUT2D eigenvalue weighted by Gasteiger charge is -2.17. The van der Waals surface area contributed by atoms with Gasteiger partial charge in [-0.25, -0.2) is 13.6 Å². The highest BCUT2D eigenvalue weighted by atomic mass is 19.1. The maximum atomic E-state index is 13.6. The van der Waals surface area contributed by atoms with Gasteiger partial charge in [0.1, 0.15) is 17.7 Å². The van der Waals surface area contributed by atoms with Gasteiger partial charge in [-0.15, -0.1) is 0 Å². The summed E-state index contributed by atoms with van der Waals surface area (Å²) in [5.41, 5.74) is 0.469. The second kappa shape index (κ2) is 7.49. The molecule has 0 bridgehead atoms. The largest absolute Gasteiger partial charge is 0.467 e. The molecule has 1 N–H and O–H groups in total. The average Bonchev–Trinajstić information content (AvgIpc) is 2.54. The molecule has 120 valence electrons. The number of esters is 1. The standard InChI is InChI=1S/C17H15F2NO3/c1-23-17(22)15(9-11-5-3-2-4-6-11)20-16(21)13-8-7-12(18)10-14(13)19/h2-8,10,15H,9H2,1H3,(H,20,21)/t15-/m1/s1. The van der Waals surface area contributed by atoms with Crippen molar-refractivity contribution in [3.8, 4) is 0 Å². The molecule has 0 saturated carbocycles. The van der Waals surface area contributed by atoms with Crippen molar-refractivity contribution in [3.05, 3.63) is 71.3 Å². The molecule has 0 aliphatic heterocycles. The lowest BCUT2D eigenvalue weighted by molar-refractivity contribution is -0.142. The number of methoxy groups -OCH3 is 1. The Bertz CT molecular complexity index is 704. The summed E-state index contributed by atoms with van der Waals surface area (Å²) in [7, 11) is 1.20. The van der Waals surface area contributed by atoms with E-state index in [0.29, 0.717) is 6.07 Å². The van der Waals surface area contributed by atoms with E-state index in [1.54, 1.807) is 24.3 Å². The number of nitrogens with one attached hydrogen (secondary N) is 1. The van der Waals surface area contributed by atoms with Gasteiger partial charge in [0, 0.05) is 12.5 Å². The van der Waals surface area contributed by atoms with Crippen LogP contribution in [0.2, 0.25) is 0 Å². The fourth-order valence-corrected chi connectivity index (χ4v) is 2.09. The Morgan fingerprint density at radius 1 is 1.13 bits per heavy atom. The lowest BCUT2D eigenvalue weighted by atomic mass is 10.1. The third kappa shape index (κ3) is 4.35. The Morgan fingerprint density at radius 2 is 1.83 bits per heavy atom. The van der Waals surface area contributed by atoms with Crippen LogP contribution >= 0.6 is 0 Å². The summed E-state index contributed by atoms with van der Waals surface area (Å²) in [6.07, 6.45) is 0.196. The Hall–Kier alpha value is -2.76. The third-order valence-electron chi connectivity index (χ3n) is 3.25. The molecule has 0 aliphatic rings. The summed E-state index contributed by atoms with van der Waals surface area (Å²) in [6, 6.07) is 10.6.